The monoisotopic (exact) mass is 388 g/mol. The molecule has 0 radical (unpaired) electrons. The van der Waals surface area contributed by atoms with Crippen molar-refractivity contribution in [1.29, 1.82) is 0 Å². The van der Waals surface area contributed by atoms with E-state index in [1.165, 1.54) is 43.8 Å². The highest BCUT2D eigenvalue weighted by molar-refractivity contribution is 6.13. The number of para-hydroxylation sites is 1. The van der Waals surface area contributed by atoms with E-state index in [-0.39, 0.29) is 0 Å². The molecule has 0 saturated heterocycles. The zero-order valence-electron chi connectivity index (χ0n) is 17.1. The Morgan fingerprint density at radius 1 is 0.600 bits per heavy atom. The number of fused-ring (bicyclic) bond motifs is 3. The van der Waals surface area contributed by atoms with Gasteiger partial charge in [0.25, 0.3) is 0 Å². The Balaban J connectivity index is 1.63. The molecule has 0 bridgehead atoms. The SMILES string of the molecule is CCc1ccc(-c2cc3ccccc3c3ccc(COc4ccccc4)cc23)cc1. The molecule has 0 amide bonds. The Bertz CT molecular complexity index is 1300. The van der Waals surface area contributed by atoms with Crippen LogP contribution in [0.25, 0.3) is 32.7 Å². The van der Waals surface area contributed by atoms with Crippen molar-refractivity contribution in [3.63, 3.8) is 0 Å². The molecule has 0 aliphatic carbocycles. The molecule has 5 rings (SSSR count). The molecule has 0 heterocycles. The van der Waals surface area contributed by atoms with E-state index in [1.54, 1.807) is 0 Å². The first kappa shape index (κ1) is 18.4. The van der Waals surface area contributed by atoms with Gasteiger partial charge in [0, 0.05) is 0 Å². The van der Waals surface area contributed by atoms with Gasteiger partial charge in [-0.25, -0.2) is 0 Å². The largest absolute Gasteiger partial charge is 0.489 e. The maximum atomic E-state index is 6.00. The highest BCUT2D eigenvalue weighted by Crippen LogP contribution is 2.35. The van der Waals surface area contributed by atoms with Crippen LogP contribution in [0.5, 0.6) is 5.75 Å². The Morgan fingerprint density at radius 2 is 1.33 bits per heavy atom. The third kappa shape index (κ3) is 3.55. The summed E-state index contributed by atoms with van der Waals surface area (Å²) < 4.78 is 6.00. The molecule has 0 fully saturated rings. The molecule has 1 nitrogen and oxygen atoms in total. The second kappa shape index (κ2) is 8.04. The highest BCUT2D eigenvalue weighted by atomic mass is 16.5. The summed E-state index contributed by atoms with van der Waals surface area (Å²) in [5.41, 5.74) is 5.06. The summed E-state index contributed by atoms with van der Waals surface area (Å²) >= 11 is 0. The van der Waals surface area contributed by atoms with E-state index < -0.39 is 0 Å². The number of ether oxygens (including phenoxy) is 1. The first-order valence-electron chi connectivity index (χ1n) is 10.5. The molecule has 0 spiro atoms. The molecule has 0 aliphatic heterocycles. The molecule has 30 heavy (non-hydrogen) atoms. The molecule has 1 heteroatoms. The van der Waals surface area contributed by atoms with Crippen molar-refractivity contribution < 1.29 is 4.74 Å². The van der Waals surface area contributed by atoms with Gasteiger partial charge in [-0.1, -0.05) is 85.8 Å². The standard InChI is InChI=1S/C29H24O/c1-2-21-12-15-23(16-13-21)28-19-24-8-6-7-11-26(24)27-17-14-22(18-29(27)28)20-30-25-9-4-3-5-10-25/h3-19H,2,20H2,1H3. The lowest BCUT2D eigenvalue weighted by atomic mass is 9.92. The van der Waals surface area contributed by atoms with E-state index in [1.807, 2.05) is 30.3 Å². The van der Waals surface area contributed by atoms with E-state index in [4.69, 9.17) is 4.74 Å². The van der Waals surface area contributed by atoms with E-state index in [9.17, 15) is 0 Å². The van der Waals surface area contributed by atoms with Crippen LogP contribution in [-0.2, 0) is 13.0 Å². The lowest BCUT2D eigenvalue weighted by Crippen LogP contribution is -1.96. The Morgan fingerprint density at radius 3 is 2.13 bits per heavy atom. The fourth-order valence-corrected chi connectivity index (χ4v) is 4.08. The van der Waals surface area contributed by atoms with Gasteiger partial charge in [-0.2, -0.15) is 0 Å². The fraction of sp³-hybridized carbons (Fsp3) is 0.103. The number of benzene rings is 5. The van der Waals surface area contributed by atoms with Gasteiger partial charge in [0.15, 0.2) is 0 Å². The van der Waals surface area contributed by atoms with Crippen molar-refractivity contribution in [2.75, 3.05) is 0 Å². The van der Waals surface area contributed by atoms with Crippen LogP contribution in [0.1, 0.15) is 18.1 Å². The van der Waals surface area contributed by atoms with Gasteiger partial charge in [-0.3, -0.25) is 0 Å². The van der Waals surface area contributed by atoms with Crippen LogP contribution in [0, 0.1) is 0 Å². The summed E-state index contributed by atoms with van der Waals surface area (Å²) in [6, 6.07) is 36.6. The average Bonchev–Trinajstić information content (AvgIpc) is 2.83. The van der Waals surface area contributed by atoms with Crippen LogP contribution in [0.15, 0.2) is 103 Å². The molecular formula is C29H24O. The van der Waals surface area contributed by atoms with Gasteiger partial charge < -0.3 is 4.74 Å². The van der Waals surface area contributed by atoms with Gasteiger partial charge >= 0.3 is 0 Å². The molecule has 5 aromatic rings. The maximum Gasteiger partial charge on any atom is 0.119 e. The second-order valence-electron chi connectivity index (χ2n) is 7.68. The van der Waals surface area contributed by atoms with Crippen LogP contribution >= 0.6 is 0 Å². The minimum absolute atomic E-state index is 0.557. The number of aryl methyl sites for hydroxylation is 1. The van der Waals surface area contributed by atoms with Crippen LogP contribution in [0.3, 0.4) is 0 Å². The lowest BCUT2D eigenvalue weighted by Gasteiger charge is -2.14. The molecule has 0 saturated carbocycles. The predicted octanol–water partition coefficient (Wildman–Crippen LogP) is 7.80. The highest BCUT2D eigenvalue weighted by Gasteiger charge is 2.10. The first-order valence-corrected chi connectivity index (χ1v) is 10.5. The smallest absolute Gasteiger partial charge is 0.119 e. The molecule has 0 aromatic heterocycles. The van der Waals surface area contributed by atoms with E-state index in [0.717, 1.165) is 12.2 Å². The van der Waals surface area contributed by atoms with Crippen molar-refractivity contribution in [3.05, 3.63) is 114 Å². The third-order valence-electron chi connectivity index (χ3n) is 5.75. The molecule has 146 valence electrons. The third-order valence-corrected chi connectivity index (χ3v) is 5.75. The number of rotatable bonds is 5. The zero-order valence-corrected chi connectivity index (χ0v) is 17.1. The van der Waals surface area contributed by atoms with E-state index in [0.29, 0.717) is 6.61 Å². The van der Waals surface area contributed by atoms with Crippen molar-refractivity contribution >= 4 is 21.5 Å². The van der Waals surface area contributed by atoms with Gasteiger partial charge in [0.05, 0.1) is 0 Å². The zero-order chi connectivity index (χ0) is 20.3. The van der Waals surface area contributed by atoms with E-state index >= 15 is 0 Å². The summed E-state index contributed by atoms with van der Waals surface area (Å²) in [4.78, 5) is 0. The normalized spacial score (nSPS) is 11.1. The van der Waals surface area contributed by atoms with Crippen molar-refractivity contribution in [3.8, 4) is 16.9 Å². The summed E-state index contributed by atoms with van der Waals surface area (Å²) in [6.07, 6.45) is 1.06. The number of hydrogen-bond acceptors (Lipinski definition) is 1. The van der Waals surface area contributed by atoms with Crippen LogP contribution in [0.4, 0.5) is 0 Å². The Hall–Kier alpha value is -3.58. The van der Waals surface area contributed by atoms with Crippen molar-refractivity contribution in [2.24, 2.45) is 0 Å². The maximum absolute atomic E-state index is 6.00. The summed E-state index contributed by atoms with van der Waals surface area (Å²) in [5.74, 6) is 0.895. The van der Waals surface area contributed by atoms with Crippen molar-refractivity contribution in [2.45, 2.75) is 20.0 Å². The van der Waals surface area contributed by atoms with Crippen molar-refractivity contribution in [1.82, 2.24) is 0 Å². The Kier molecular flexibility index (Phi) is 4.94. The van der Waals surface area contributed by atoms with Crippen LogP contribution in [0.2, 0.25) is 0 Å². The second-order valence-corrected chi connectivity index (χ2v) is 7.68. The lowest BCUT2D eigenvalue weighted by molar-refractivity contribution is 0.306. The summed E-state index contributed by atoms with van der Waals surface area (Å²) in [5, 5.41) is 5.11. The first-order chi connectivity index (χ1) is 14.8. The van der Waals surface area contributed by atoms with Gasteiger partial charge in [-0.15, -0.1) is 0 Å². The van der Waals surface area contributed by atoms with Crippen LogP contribution < -0.4 is 4.74 Å². The molecule has 5 aromatic carbocycles. The molecular weight excluding hydrogens is 364 g/mol. The van der Waals surface area contributed by atoms with E-state index in [2.05, 4.69) is 79.7 Å². The number of hydrogen-bond donors (Lipinski definition) is 0. The molecule has 0 atom stereocenters. The predicted molar refractivity (Wildman–Crippen MR) is 127 cm³/mol. The minimum atomic E-state index is 0.557. The van der Waals surface area contributed by atoms with Gasteiger partial charge in [0.1, 0.15) is 12.4 Å². The average molecular weight is 389 g/mol. The van der Waals surface area contributed by atoms with Gasteiger partial charge in [-0.05, 0) is 74.5 Å². The molecule has 0 unspecified atom stereocenters. The molecule has 0 aliphatic rings. The van der Waals surface area contributed by atoms with Crippen LogP contribution in [-0.4, -0.2) is 0 Å². The minimum Gasteiger partial charge on any atom is -0.489 e. The summed E-state index contributed by atoms with van der Waals surface area (Å²) in [7, 11) is 0. The molecule has 0 N–H and O–H groups in total. The quantitative estimate of drug-likeness (QED) is 0.279. The Labute approximate surface area is 177 Å². The topological polar surface area (TPSA) is 9.23 Å². The summed E-state index contributed by atoms with van der Waals surface area (Å²) in [6.45, 7) is 2.75. The fourth-order valence-electron chi connectivity index (χ4n) is 4.08. The van der Waals surface area contributed by atoms with Gasteiger partial charge in [0.2, 0.25) is 0 Å².